The van der Waals surface area contributed by atoms with Gasteiger partial charge < -0.3 is 9.47 Å². The van der Waals surface area contributed by atoms with E-state index >= 15 is 0 Å². The van der Waals surface area contributed by atoms with Gasteiger partial charge in [-0.05, 0) is 20.3 Å². The molecule has 0 radical (unpaired) electrons. The molecule has 0 bridgehead atoms. The molecule has 1 fully saturated rings. The maximum atomic E-state index is 5.90. The van der Waals surface area contributed by atoms with Gasteiger partial charge in [0.1, 0.15) is 0 Å². The fourth-order valence-electron chi connectivity index (χ4n) is 2.01. The predicted molar refractivity (Wildman–Crippen MR) is 75.1 cm³/mol. The van der Waals surface area contributed by atoms with Crippen LogP contribution in [-0.2, 0) is 9.47 Å². The number of hydrogen-bond acceptors (Lipinski definition) is 4. The van der Waals surface area contributed by atoms with Crippen LogP contribution in [0.5, 0.6) is 0 Å². The van der Waals surface area contributed by atoms with Gasteiger partial charge in [0.25, 0.3) is 0 Å². The average Bonchev–Trinajstić information content (AvgIpc) is 2.38. The Kier molecular flexibility index (Phi) is 7.15. The Hall–Kier alpha value is -0.160. The van der Waals surface area contributed by atoms with Gasteiger partial charge in [0.05, 0.1) is 18.8 Å². The Morgan fingerprint density at radius 1 is 0.944 bits per heavy atom. The van der Waals surface area contributed by atoms with Crippen molar-refractivity contribution in [2.24, 2.45) is 0 Å². The Labute approximate surface area is 112 Å². The molecule has 0 atom stereocenters. The van der Waals surface area contributed by atoms with Crippen LogP contribution >= 0.6 is 0 Å². The summed E-state index contributed by atoms with van der Waals surface area (Å²) >= 11 is 0. The first-order valence-electron chi connectivity index (χ1n) is 7.15. The number of rotatable bonds is 8. The van der Waals surface area contributed by atoms with Gasteiger partial charge in [0, 0.05) is 46.4 Å². The molecule has 0 N–H and O–H groups in total. The molecule has 108 valence electrons. The van der Waals surface area contributed by atoms with E-state index in [0.29, 0.717) is 0 Å². The summed E-state index contributed by atoms with van der Waals surface area (Å²) in [5.74, 6) is 0. The molecular weight excluding hydrogens is 228 g/mol. The van der Waals surface area contributed by atoms with Crippen LogP contribution in [0.25, 0.3) is 0 Å². The Morgan fingerprint density at radius 2 is 1.44 bits per heavy atom. The maximum Gasteiger partial charge on any atom is 0.0624 e. The van der Waals surface area contributed by atoms with Crippen molar-refractivity contribution in [2.45, 2.75) is 32.8 Å². The van der Waals surface area contributed by atoms with Crippen LogP contribution in [0.3, 0.4) is 0 Å². The highest BCUT2D eigenvalue weighted by atomic mass is 16.5. The quantitative estimate of drug-likeness (QED) is 0.658. The first-order valence-corrected chi connectivity index (χ1v) is 7.15. The summed E-state index contributed by atoms with van der Waals surface area (Å²) in [4.78, 5) is 4.96. The van der Waals surface area contributed by atoms with E-state index < -0.39 is 0 Å². The highest BCUT2D eigenvalue weighted by Gasteiger charge is 2.18. The van der Waals surface area contributed by atoms with Crippen molar-refractivity contribution in [1.82, 2.24) is 9.80 Å². The molecular formula is C14H30N2O2. The van der Waals surface area contributed by atoms with E-state index in [9.17, 15) is 0 Å². The van der Waals surface area contributed by atoms with E-state index in [-0.39, 0.29) is 5.60 Å². The molecule has 0 aliphatic carbocycles. The molecule has 0 amide bonds. The van der Waals surface area contributed by atoms with Crippen LogP contribution in [0.1, 0.15) is 27.2 Å². The molecule has 0 unspecified atom stereocenters. The molecule has 0 aromatic rings. The third-order valence-corrected chi connectivity index (χ3v) is 3.83. The lowest BCUT2D eigenvalue weighted by atomic mass is 10.1. The third kappa shape index (κ3) is 6.14. The minimum atomic E-state index is 0.0281. The summed E-state index contributed by atoms with van der Waals surface area (Å²) in [6.45, 7) is 14.9. The lowest BCUT2D eigenvalue weighted by Gasteiger charge is -2.35. The number of piperazine rings is 1. The van der Waals surface area contributed by atoms with Crippen molar-refractivity contribution in [3.8, 4) is 0 Å². The standard InChI is InChI=1S/C14H30N2O2/c1-5-14(2,3)18-13-11-16-8-6-15(7-9-16)10-12-17-4/h5-13H2,1-4H3. The number of ether oxygens (including phenoxy) is 2. The molecule has 1 aliphatic heterocycles. The Balaban J connectivity index is 2.09. The van der Waals surface area contributed by atoms with E-state index in [4.69, 9.17) is 9.47 Å². The minimum absolute atomic E-state index is 0.0281. The normalized spacial score (nSPS) is 19.3. The Bertz CT molecular complexity index is 214. The molecule has 1 aliphatic rings. The lowest BCUT2D eigenvalue weighted by molar-refractivity contribution is -0.0328. The van der Waals surface area contributed by atoms with Crippen LogP contribution in [0.2, 0.25) is 0 Å². The summed E-state index contributed by atoms with van der Waals surface area (Å²) in [5.41, 5.74) is 0.0281. The molecule has 0 spiro atoms. The van der Waals surface area contributed by atoms with Gasteiger partial charge in [-0.1, -0.05) is 6.92 Å². The van der Waals surface area contributed by atoms with Crippen LogP contribution in [-0.4, -0.2) is 75.0 Å². The second-order valence-corrected chi connectivity index (χ2v) is 5.64. The predicted octanol–water partition coefficient (Wildman–Crippen LogP) is 1.46. The smallest absolute Gasteiger partial charge is 0.0624 e. The lowest BCUT2D eigenvalue weighted by Crippen LogP contribution is -2.48. The summed E-state index contributed by atoms with van der Waals surface area (Å²) < 4.78 is 11.0. The topological polar surface area (TPSA) is 24.9 Å². The zero-order valence-electron chi connectivity index (χ0n) is 12.6. The van der Waals surface area contributed by atoms with Crippen molar-refractivity contribution in [2.75, 3.05) is 59.6 Å². The molecule has 1 heterocycles. The van der Waals surface area contributed by atoms with Gasteiger partial charge in [-0.2, -0.15) is 0 Å². The monoisotopic (exact) mass is 258 g/mol. The van der Waals surface area contributed by atoms with Crippen LogP contribution in [0, 0.1) is 0 Å². The molecule has 0 aromatic carbocycles. The van der Waals surface area contributed by atoms with E-state index in [0.717, 1.165) is 58.9 Å². The summed E-state index contributed by atoms with van der Waals surface area (Å²) in [5, 5.41) is 0. The van der Waals surface area contributed by atoms with Crippen LogP contribution in [0.4, 0.5) is 0 Å². The largest absolute Gasteiger partial charge is 0.383 e. The fraction of sp³-hybridized carbons (Fsp3) is 1.00. The molecule has 4 heteroatoms. The van der Waals surface area contributed by atoms with Gasteiger partial charge >= 0.3 is 0 Å². The van der Waals surface area contributed by atoms with E-state index in [1.54, 1.807) is 7.11 Å². The highest BCUT2D eigenvalue weighted by molar-refractivity contribution is 4.72. The number of nitrogens with zero attached hydrogens (tertiary/aromatic N) is 2. The molecule has 1 rings (SSSR count). The van der Waals surface area contributed by atoms with Gasteiger partial charge in [-0.3, -0.25) is 9.80 Å². The second kappa shape index (κ2) is 8.10. The molecule has 0 saturated carbocycles. The van der Waals surface area contributed by atoms with Crippen molar-refractivity contribution in [1.29, 1.82) is 0 Å². The zero-order chi connectivity index (χ0) is 13.4. The average molecular weight is 258 g/mol. The maximum absolute atomic E-state index is 5.90. The second-order valence-electron chi connectivity index (χ2n) is 5.64. The van der Waals surface area contributed by atoms with E-state index in [1.807, 2.05) is 0 Å². The summed E-state index contributed by atoms with van der Waals surface area (Å²) in [6, 6.07) is 0. The van der Waals surface area contributed by atoms with Crippen molar-refractivity contribution in [3.05, 3.63) is 0 Å². The SMILES string of the molecule is CCC(C)(C)OCCN1CCN(CCOC)CC1. The van der Waals surface area contributed by atoms with Crippen molar-refractivity contribution < 1.29 is 9.47 Å². The van der Waals surface area contributed by atoms with Crippen LogP contribution in [0.15, 0.2) is 0 Å². The molecule has 0 aromatic heterocycles. The Morgan fingerprint density at radius 3 is 1.89 bits per heavy atom. The van der Waals surface area contributed by atoms with Gasteiger partial charge in [0.2, 0.25) is 0 Å². The van der Waals surface area contributed by atoms with Crippen LogP contribution < -0.4 is 0 Å². The van der Waals surface area contributed by atoms with Gasteiger partial charge in [0.15, 0.2) is 0 Å². The molecule has 1 saturated heterocycles. The van der Waals surface area contributed by atoms with E-state index in [1.165, 1.54) is 0 Å². The highest BCUT2D eigenvalue weighted by Crippen LogP contribution is 2.13. The van der Waals surface area contributed by atoms with E-state index in [2.05, 4.69) is 30.6 Å². The zero-order valence-corrected chi connectivity index (χ0v) is 12.6. The third-order valence-electron chi connectivity index (χ3n) is 3.83. The summed E-state index contributed by atoms with van der Waals surface area (Å²) in [7, 11) is 1.77. The first-order chi connectivity index (χ1) is 8.57. The number of hydrogen-bond donors (Lipinski definition) is 0. The first kappa shape index (κ1) is 15.9. The summed E-state index contributed by atoms with van der Waals surface area (Å²) in [6.07, 6.45) is 1.07. The minimum Gasteiger partial charge on any atom is -0.383 e. The molecule has 4 nitrogen and oxygen atoms in total. The van der Waals surface area contributed by atoms with Gasteiger partial charge in [-0.25, -0.2) is 0 Å². The van der Waals surface area contributed by atoms with Crippen molar-refractivity contribution >= 4 is 0 Å². The number of methoxy groups -OCH3 is 1. The molecule has 18 heavy (non-hydrogen) atoms. The fourth-order valence-corrected chi connectivity index (χ4v) is 2.01. The van der Waals surface area contributed by atoms with Crippen molar-refractivity contribution in [3.63, 3.8) is 0 Å². The van der Waals surface area contributed by atoms with Gasteiger partial charge in [-0.15, -0.1) is 0 Å².